The van der Waals surface area contributed by atoms with Crippen LogP contribution in [0.4, 0.5) is 0 Å². The lowest BCUT2D eigenvalue weighted by Gasteiger charge is -2.39. The van der Waals surface area contributed by atoms with E-state index in [0.717, 1.165) is 70.0 Å². The smallest absolute Gasteiger partial charge is 0.194 e. The molecule has 1 aromatic rings. The van der Waals surface area contributed by atoms with Crippen molar-refractivity contribution in [3.05, 3.63) is 34.9 Å². The predicted molar refractivity (Wildman–Crippen MR) is 103 cm³/mol. The average Bonchev–Trinajstić information content (AvgIpc) is 2.60. The minimum absolute atomic E-state index is 0.219. The molecule has 2 fully saturated rings. The Kier molecular flexibility index (Phi) is 6.20. The van der Waals surface area contributed by atoms with Gasteiger partial charge in [0.15, 0.2) is 5.96 Å². The second kappa shape index (κ2) is 8.39. The number of halogens is 1. The van der Waals surface area contributed by atoms with Gasteiger partial charge < -0.3 is 15.0 Å². The third kappa shape index (κ3) is 5.09. The van der Waals surface area contributed by atoms with Crippen molar-refractivity contribution in [2.45, 2.75) is 20.4 Å². The molecule has 0 saturated carbocycles. The summed E-state index contributed by atoms with van der Waals surface area (Å²) in [6.45, 7) is 12.8. The molecule has 2 saturated heterocycles. The summed E-state index contributed by atoms with van der Waals surface area (Å²) in [4.78, 5) is 9.74. The maximum Gasteiger partial charge on any atom is 0.194 e. The standard InChI is InChI=1S/C19H29ClN4O/c1-3-21-18(22-13-19(2)14-25-15-19)24-10-8-23(9-11-24)12-16-4-6-17(20)7-5-16/h4-7H,3,8-15H2,1-2H3,(H,21,22). The molecule has 0 unspecified atom stereocenters. The molecule has 25 heavy (non-hydrogen) atoms. The Balaban J connectivity index is 1.51. The van der Waals surface area contributed by atoms with Crippen LogP contribution in [0.3, 0.4) is 0 Å². The number of piperazine rings is 1. The van der Waals surface area contributed by atoms with Crippen molar-refractivity contribution in [3.8, 4) is 0 Å². The van der Waals surface area contributed by atoms with Crippen LogP contribution in [-0.4, -0.2) is 68.2 Å². The van der Waals surface area contributed by atoms with Gasteiger partial charge in [0.25, 0.3) is 0 Å². The Morgan fingerprint density at radius 2 is 1.88 bits per heavy atom. The van der Waals surface area contributed by atoms with Crippen LogP contribution in [0.25, 0.3) is 0 Å². The molecule has 0 spiro atoms. The van der Waals surface area contributed by atoms with E-state index in [0.29, 0.717) is 0 Å². The summed E-state index contributed by atoms with van der Waals surface area (Å²) in [5, 5.41) is 4.24. The van der Waals surface area contributed by atoms with Crippen molar-refractivity contribution in [2.24, 2.45) is 10.4 Å². The van der Waals surface area contributed by atoms with Crippen LogP contribution in [0, 0.1) is 5.41 Å². The maximum absolute atomic E-state index is 5.97. The molecule has 0 aromatic heterocycles. The highest BCUT2D eigenvalue weighted by molar-refractivity contribution is 6.30. The number of nitrogens with zero attached hydrogens (tertiary/aromatic N) is 3. The molecule has 2 aliphatic rings. The van der Waals surface area contributed by atoms with E-state index in [1.165, 1.54) is 5.56 Å². The van der Waals surface area contributed by atoms with Gasteiger partial charge in [-0.05, 0) is 24.6 Å². The minimum atomic E-state index is 0.219. The number of rotatable bonds is 5. The second-order valence-electron chi connectivity index (χ2n) is 7.36. The fourth-order valence-corrected chi connectivity index (χ4v) is 3.33. The highest BCUT2D eigenvalue weighted by Gasteiger charge is 2.33. The van der Waals surface area contributed by atoms with E-state index in [1.54, 1.807) is 0 Å². The van der Waals surface area contributed by atoms with E-state index < -0.39 is 0 Å². The number of ether oxygens (including phenoxy) is 1. The average molecular weight is 365 g/mol. The molecule has 3 rings (SSSR count). The van der Waals surface area contributed by atoms with Crippen LogP contribution in [0.1, 0.15) is 19.4 Å². The molecular weight excluding hydrogens is 336 g/mol. The van der Waals surface area contributed by atoms with Gasteiger partial charge in [0.2, 0.25) is 0 Å². The van der Waals surface area contributed by atoms with Crippen LogP contribution in [-0.2, 0) is 11.3 Å². The summed E-state index contributed by atoms with van der Waals surface area (Å²) in [6, 6.07) is 8.16. The van der Waals surface area contributed by atoms with Gasteiger partial charge in [-0.2, -0.15) is 0 Å². The fraction of sp³-hybridized carbons (Fsp3) is 0.632. The number of hydrogen-bond acceptors (Lipinski definition) is 3. The first-order valence-electron chi connectivity index (χ1n) is 9.16. The Bertz CT molecular complexity index is 578. The number of nitrogens with one attached hydrogen (secondary N) is 1. The molecule has 1 N–H and O–H groups in total. The summed E-state index contributed by atoms with van der Waals surface area (Å²) in [5.74, 6) is 1.04. The van der Waals surface area contributed by atoms with Crippen molar-refractivity contribution < 1.29 is 4.74 Å². The Morgan fingerprint density at radius 3 is 2.44 bits per heavy atom. The van der Waals surface area contributed by atoms with Crippen LogP contribution >= 0.6 is 11.6 Å². The molecular formula is C19H29ClN4O. The van der Waals surface area contributed by atoms with E-state index in [-0.39, 0.29) is 5.41 Å². The first kappa shape index (κ1) is 18.5. The summed E-state index contributed by atoms with van der Waals surface area (Å²) >= 11 is 5.97. The lowest BCUT2D eigenvalue weighted by Crippen LogP contribution is -2.52. The molecule has 2 heterocycles. The van der Waals surface area contributed by atoms with Crippen LogP contribution in [0.2, 0.25) is 5.02 Å². The molecule has 6 heteroatoms. The van der Waals surface area contributed by atoms with Gasteiger partial charge >= 0.3 is 0 Å². The Morgan fingerprint density at radius 1 is 1.20 bits per heavy atom. The van der Waals surface area contributed by atoms with E-state index in [1.807, 2.05) is 12.1 Å². The number of hydrogen-bond donors (Lipinski definition) is 1. The summed E-state index contributed by atoms with van der Waals surface area (Å²) in [7, 11) is 0. The van der Waals surface area contributed by atoms with Gasteiger partial charge in [-0.3, -0.25) is 9.89 Å². The van der Waals surface area contributed by atoms with Gasteiger partial charge in [-0.1, -0.05) is 30.7 Å². The number of aliphatic imine (C=N–C) groups is 1. The topological polar surface area (TPSA) is 40.1 Å². The van der Waals surface area contributed by atoms with Crippen molar-refractivity contribution in [1.82, 2.24) is 15.1 Å². The highest BCUT2D eigenvalue weighted by atomic mass is 35.5. The van der Waals surface area contributed by atoms with Crippen LogP contribution in [0.5, 0.6) is 0 Å². The van der Waals surface area contributed by atoms with E-state index >= 15 is 0 Å². The second-order valence-corrected chi connectivity index (χ2v) is 7.80. The quantitative estimate of drug-likeness (QED) is 0.643. The summed E-state index contributed by atoms with van der Waals surface area (Å²) < 4.78 is 5.34. The summed E-state index contributed by atoms with van der Waals surface area (Å²) in [5.41, 5.74) is 1.54. The fourth-order valence-electron chi connectivity index (χ4n) is 3.20. The van der Waals surface area contributed by atoms with Gasteiger partial charge in [0.05, 0.1) is 19.8 Å². The van der Waals surface area contributed by atoms with Crippen LogP contribution < -0.4 is 5.32 Å². The monoisotopic (exact) mass is 364 g/mol. The van der Waals surface area contributed by atoms with Gasteiger partial charge in [0.1, 0.15) is 0 Å². The zero-order valence-electron chi connectivity index (χ0n) is 15.3. The lowest BCUT2D eigenvalue weighted by molar-refractivity contribution is -0.0946. The third-order valence-electron chi connectivity index (χ3n) is 4.84. The third-order valence-corrected chi connectivity index (χ3v) is 5.09. The van der Waals surface area contributed by atoms with E-state index in [4.69, 9.17) is 21.3 Å². The molecule has 1 aromatic carbocycles. The van der Waals surface area contributed by atoms with E-state index in [2.05, 4.69) is 41.1 Å². The normalized spacial score (nSPS) is 21.1. The molecule has 5 nitrogen and oxygen atoms in total. The summed E-state index contributed by atoms with van der Waals surface area (Å²) in [6.07, 6.45) is 0. The number of guanidine groups is 1. The Labute approximate surface area is 156 Å². The first-order chi connectivity index (χ1) is 12.1. The molecule has 0 amide bonds. The molecule has 138 valence electrons. The molecule has 2 aliphatic heterocycles. The zero-order valence-corrected chi connectivity index (χ0v) is 16.1. The lowest BCUT2D eigenvalue weighted by atomic mass is 9.89. The van der Waals surface area contributed by atoms with Gasteiger partial charge in [-0.25, -0.2) is 0 Å². The van der Waals surface area contributed by atoms with Crippen molar-refractivity contribution in [1.29, 1.82) is 0 Å². The highest BCUT2D eigenvalue weighted by Crippen LogP contribution is 2.26. The zero-order chi connectivity index (χ0) is 17.7. The minimum Gasteiger partial charge on any atom is -0.380 e. The van der Waals surface area contributed by atoms with Crippen molar-refractivity contribution in [3.63, 3.8) is 0 Å². The largest absolute Gasteiger partial charge is 0.380 e. The van der Waals surface area contributed by atoms with Gasteiger partial charge in [0, 0.05) is 49.7 Å². The SMILES string of the molecule is CCNC(=NCC1(C)COC1)N1CCN(Cc2ccc(Cl)cc2)CC1. The maximum atomic E-state index is 5.97. The van der Waals surface area contributed by atoms with E-state index in [9.17, 15) is 0 Å². The van der Waals surface area contributed by atoms with Crippen molar-refractivity contribution >= 4 is 17.6 Å². The van der Waals surface area contributed by atoms with Crippen molar-refractivity contribution in [2.75, 3.05) is 52.5 Å². The van der Waals surface area contributed by atoms with Gasteiger partial charge in [-0.15, -0.1) is 0 Å². The first-order valence-corrected chi connectivity index (χ1v) is 9.54. The molecule has 0 radical (unpaired) electrons. The molecule has 0 atom stereocenters. The predicted octanol–water partition coefficient (Wildman–Crippen LogP) is 2.46. The molecule has 0 aliphatic carbocycles. The molecule has 0 bridgehead atoms. The number of benzene rings is 1. The van der Waals surface area contributed by atoms with Crippen LogP contribution in [0.15, 0.2) is 29.3 Å². The Hall–Kier alpha value is -1.30.